The van der Waals surface area contributed by atoms with Crippen LogP contribution in [0.2, 0.25) is 0 Å². The number of primary amides is 1. The Morgan fingerprint density at radius 3 is 2.48 bits per heavy atom. The minimum atomic E-state index is -0.786. The highest BCUT2D eigenvalue weighted by molar-refractivity contribution is 5.92. The second-order valence-corrected chi connectivity index (χ2v) is 8.93. The monoisotopic (exact) mass is 411 g/mol. The minimum Gasteiger partial charge on any atom is -0.392 e. The fourth-order valence-corrected chi connectivity index (χ4v) is 4.52. The molecule has 2 aliphatic rings. The summed E-state index contributed by atoms with van der Waals surface area (Å²) in [4.78, 5) is 11.1. The van der Waals surface area contributed by atoms with Crippen LogP contribution < -0.4 is 5.73 Å². The van der Waals surface area contributed by atoms with Crippen molar-refractivity contribution in [3.05, 3.63) is 23.8 Å². The van der Waals surface area contributed by atoms with E-state index in [0.29, 0.717) is 0 Å². The van der Waals surface area contributed by atoms with E-state index in [-0.39, 0.29) is 41.5 Å². The Kier molecular flexibility index (Phi) is 8.04. The molecule has 2 saturated heterocycles. The van der Waals surface area contributed by atoms with Crippen molar-refractivity contribution in [1.82, 2.24) is 0 Å². The fraction of sp³-hybridized carbons (Fsp3) is 0.773. The third-order valence-electron chi connectivity index (χ3n) is 6.65. The minimum absolute atomic E-state index is 0.0958. The van der Waals surface area contributed by atoms with Crippen LogP contribution in [0, 0.1) is 23.7 Å². The van der Waals surface area contributed by atoms with Gasteiger partial charge in [0, 0.05) is 35.7 Å². The van der Waals surface area contributed by atoms with Gasteiger partial charge in [-0.2, -0.15) is 0 Å². The standard InChI is InChI=1S/C22H37NO6/c1-12(7-6-8-16(11-24)21(23)27)18(25)14(3)19(26)15(4)20-13(2)17-9-10-22(5,28-17)29-20/h6-8,12-15,17-20,24-26H,9-11H2,1-5H3,(H2,23,27)/b7-6+,16-8-/t12-,13+,14+,15+,17-,18-,19+,20+,22-/m0/s1. The summed E-state index contributed by atoms with van der Waals surface area (Å²) in [5.74, 6) is -1.90. The quantitative estimate of drug-likeness (QED) is 0.337. The van der Waals surface area contributed by atoms with Gasteiger partial charge in [0.2, 0.25) is 5.91 Å². The first-order valence-corrected chi connectivity index (χ1v) is 10.5. The van der Waals surface area contributed by atoms with Crippen LogP contribution in [-0.4, -0.2) is 58.0 Å². The molecular weight excluding hydrogens is 374 g/mol. The molecule has 9 atom stereocenters. The number of fused-ring (bicyclic) bond motifs is 2. The van der Waals surface area contributed by atoms with Gasteiger partial charge in [-0.15, -0.1) is 0 Å². The zero-order chi connectivity index (χ0) is 21.9. The molecule has 1 amide bonds. The largest absolute Gasteiger partial charge is 0.392 e. The van der Waals surface area contributed by atoms with Crippen molar-refractivity contribution >= 4 is 5.91 Å². The molecule has 2 bridgehead atoms. The van der Waals surface area contributed by atoms with E-state index in [1.165, 1.54) is 6.08 Å². The lowest BCUT2D eigenvalue weighted by molar-refractivity contribution is -0.309. The maximum absolute atomic E-state index is 11.1. The van der Waals surface area contributed by atoms with E-state index in [2.05, 4.69) is 6.92 Å². The lowest BCUT2D eigenvalue weighted by atomic mass is 9.78. The summed E-state index contributed by atoms with van der Waals surface area (Å²) in [6.45, 7) is 9.24. The van der Waals surface area contributed by atoms with Gasteiger partial charge in [0.25, 0.3) is 0 Å². The molecule has 0 aromatic rings. The first-order chi connectivity index (χ1) is 13.5. The molecule has 0 aliphatic carbocycles. The van der Waals surface area contributed by atoms with Gasteiger partial charge >= 0.3 is 0 Å². The number of nitrogens with two attached hydrogens (primary N) is 1. The number of allylic oxidation sites excluding steroid dienone is 2. The SMILES string of the molecule is C[C@H]([C@H](O)[C@H](C)[C@@H](O)[C@@H](C)/C=C/C=C(/CO)C(N)=O)[C@@H]1O[C@@]2(C)CC[C@H](O2)[C@H]1C. The van der Waals surface area contributed by atoms with Gasteiger partial charge in [-0.3, -0.25) is 4.79 Å². The number of aliphatic hydroxyl groups excluding tert-OH is 3. The average molecular weight is 412 g/mol. The van der Waals surface area contributed by atoms with Crippen LogP contribution in [-0.2, 0) is 14.3 Å². The molecule has 29 heavy (non-hydrogen) atoms. The third-order valence-corrected chi connectivity index (χ3v) is 6.65. The van der Waals surface area contributed by atoms with E-state index in [4.69, 9.17) is 20.3 Å². The zero-order valence-electron chi connectivity index (χ0n) is 18.1. The number of hydrogen-bond acceptors (Lipinski definition) is 6. The van der Waals surface area contributed by atoms with Crippen LogP contribution in [0.25, 0.3) is 0 Å². The Hall–Kier alpha value is -1.25. The van der Waals surface area contributed by atoms with Crippen molar-refractivity contribution in [3.63, 3.8) is 0 Å². The molecule has 5 N–H and O–H groups in total. The Morgan fingerprint density at radius 2 is 1.90 bits per heavy atom. The molecule has 0 aromatic heterocycles. The van der Waals surface area contributed by atoms with Crippen molar-refractivity contribution in [1.29, 1.82) is 0 Å². The van der Waals surface area contributed by atoms with Crippen LogP contribution in [0.15, 0.2) is 23.8 Å². The van der Waals surface area contributed by atoms with Crippen molar-refractivity contribution in [2.45, 2.75) is 77.7 Å². The Morgan fingerprint density at radius 1 is 1.24 bits per heavy atom. The molecule has 166 valence electrons. The van der Waals surface area contributed by atoms with E-state index in [1.54, 1.807) is 12.2 Å². The van der Waals surface area contributed by atoms with E-state index >= 15 is 0 Å². The number of aliphatic hydroxyl groups is 3. The smallest absolute Gasteiger partial charge is 0.246 e. The van der Waals surface area contributed by atoms with Gasteiger partial charge in [-0.1, -0.05) is 45.9 Å². The van der Waals surface area contributed by atoms with Crippen molar-refractivity contribution in [2.24, 2.45) is 29.4 Å². The molecule has 0 aromatic carbocycles. The number of carbonyl (C=O) groups is 1. The van der Waals surface area contributed by atoms with Gasteiger partial charge in [0.1, 0.15) is 0 Å². The first-order valence-electron chi connectivity index (χ1n) is 10.5. The van der Waals surface area contributed by atoms with E-state index in [1.807, 2.05) is 27.7 Å². The first kappa shape index (κ1) is 24.0. The van der Waals surface area contributed by atoms with Crippen LogP contribution in [0.5, 0.6) is 0 Å². The summed E-state index contributed by atoms with van der Waals surface area (Å²) < 4.78 is 12.2. The predicted molar refractivity (Wildman–Crippen MR) is 110 cm³/mol. The molecule has 7 heteroatoms. The predicted octanol–water partition coefficient (Wildman–Crippen LogP) is 1.51. The Balaban J connectivity index is 2.00. The van der Waals surface area contributed by atoms with E-state index < -0.39 is 30.5 Å². The number of rotatable bonds is 9. The summed E-state index contributed by atoms with van der Waals surface area (Å²) in [6, 6.07) is 0. The van der Waals surface area contributed by atoms with Crippen molar-refractivity contribution in [2.75, 3.05) is 6.61 Å². The topological polar surface area (TPSA) is 122 Å². The van der Waals surface area contributed by atoms with E-state index in [9.17, 15) is 15.0 Å². The molecule has 0 radical (unpaired) electrons. The van der Waals surface area contributed by atoms with Gasteiger partial charge in [0.15, 0.2) is 5.79 Å². The zero-order valence-corrected chi connectivity index (χ0v) is 18.1. The molecule has 0 unspecified atom stereocenters. The summed E-state index contributed by atoms with van der Waals surface area (Å²) in [7, 11) is 0. The van der Waals surface area contributed by atoms with E-state index in [0.717, 1.165) is 12.8 Å². The van der Waals surface area contributed by atoms with Crippen LogP contribution >= 0.6 is 0 Å². The number of amides is 1. The third kappa shape index (κ3) is 5.47. The maximum atomic E-state index is 11.1. The van der Waals surface area contributed by atoms with Gasteiger partial charge in [-0.25, -0.2) is 0 Å². The molecule has 2 heterocycles. The van der Waals surface area contributed by atoms with Crippen LogP contribution in [0.4, 0.5) is 0 Å². The molecular formula is C22H37NO6. The summed E-state index contributed by atoms with van der Waals surface area (Å²) in [5, 5.41) is 30.8. The molecule has 7 nitrogen and oxygen atoms in total. The highest BCUT2D eigenvalue weighted by Crippen LogP contribution is 2.45. The van der Waals surface area contributed by atoms with Gasteiger partial charge in [0.05, 0.1) is 31.0 Å². The van der Waals surface area contributed by atoms with Gasteiger partial charge < -0.3 is 30.5 Å². The second-order valence-electron chi connectivity index (χ2n) is 8.93. The molecule has 2 rings (SSSR count). The lowest BCUT2D eigenvalue weighted by Crippen LogP contribution is -2.52. The second kappa shape index (κ2) is 9.71. The van der Waals surface area contributed by atoms with Crippen molar-refractivity contribution in [3.8, 4) is 0 Å². The summed E-state index contributed by atoms with van der Waals surface area (Å²) in [5.41, 5.74) is 5.25. The number of hydrogen-bond donors (Lipinski definition) is 4. The van der Waals surface area contributed by atoms with Crippen LogP contribution in [0.3, 0.4) is 0 Å². The normalized spacial score (nSPS) is 35.3. The van der Waals surface area contributed by atoms with Crippen LogP contribution in [0.1, 0.15) is 47.5 Å². The van der Waals surface area contributed by atoms with Crippen molar-refractivity contribution < 1.29 is 29.6 Å². The molecule has 2 aliphatic heterocycles. The van der Waals surface area contributed by atoms with Gasteiger partial charge in [-0.05, 0) is 13.3 Å². The molecule has 2 fully saturated rings. The average Bonchev–Trinajstić information content (AvgIpc) is 3.02. The lowest BCUT2D eigenvalue weighted by Gasteiger charge is -2.45. The molecule has 0 spiro atoms. The Bertz CT molecular complexity index is 635. The number of ether oxygens (including phenoxy) is 2. The maximum Gasteiger partial charge on any atom is 0.246 e. The molecule has 0 saturated carbocycles. The summed E-state index contributed by atoms with van der Waals surface area (Å²) >= 11 is 0. The summed E-state index contributed by atoms with van der Waals surface area (Å²) in [6.07, 6.45) is 5.05. The highest BCUT2D eigenvalue weighted by Gasteiger charge is 2.51. The fourth-order valence-electron chi connectivity index (χ4n) is 4.52. The Labute approximate surface area is 173 Å². The number of carbonyl (C=O) groups excluding carboxylic acids is 1. The highest BCUT2D eigenvalue weighted by atomic mass is 16.7.